The van der Waals surface area contributed by atoms with Crippen LogP contribution in [0, 0.1) is 18.8 Å². The minimum Gasteiger partial charge on any atom is -0.322 e. The number of benzene rings is 1. The van der Waals surface area contributed by atoms with Gasteiger partial charge in [0.1, 0.15) is 5.54 Å². The summed E-state index contributed by atoms with van der Waals surface area (Å²) in [4.78, 5) is 25.2. The highest BCUT2D eigenvalue weighted by Gasteiger charge is 2.64. The average Bonchev–Trinajstić information content (AvgIpc) is 3.14. The molecule has 1 saturated heterocycles. The maximum absolute atomic E-state index is 12.9. The lowest BCUT2D eigenvalue weighted by Gasteiger charge is -2.30. The van der Waals surface area contributed by atoms with Crippen molar-refractivity contribution in [3.8, 4) is 0 Å². The van der Waals surface area contributed by atoms with Crippen LogP contribution in [0.15, 0.2) is 29.2 Å². The summed E-state index contributed by atoms with van der Waals surface area (Å²) in [5.74, 6) is -0.135. The summed E-state index contributed by atoms with van der Waals surface area (Å²) in [6, 6.07) is 5.34. The molecule has 1 unspecified atom stereocenters. The number of nitrogens with zero attached hydrogens (tertiary/aromatic N) is 1. The second-order valence-electron chi connectivity index (χ2n) is 6.87. The summed E-state index contributed by atoms with van der Waals surface area (Å²) in [5.41, 5.74) is -0.0941. The van der Waals surface area contributed by atoms with E-state index in [4.69, 9.17) is 0 Å². The maximum Gasteiger partial charge on any atom is 0.339 e. The molecule has 1 N–H and O–H groups in total. The molecule has 122 valence electrons. The number of rotatable bonds is 2. The number of carbonyl (C=O) groups excluding carboxylic acids is 2. The summed E-state index contributed by atoms with van der Waals surface area (Å²) < 4.78 is 26.0. The minimum atomic E-state index is -4.16. The highest BCUT2D eigenvalue weighted by Crippen LogP contribution is 2.53. The molecule has 3 fully saturated rings. The van der Waals surface area contributed by atoms with Crippen LogP contribution < -0.4 is 5.32 Å². The van der Waals surface area contributed by atoms with Crippen molar-refractivity contribution < 1.29 is 18.0 Å². The van der Waals surface area contributed by atoms with Crippen LogP contribution in [-0.2, 0) is 14.8 Å². The predicted molar refractivity (Wildman–Crippen MR) is 81.9 cm³/mol. The number of nitrogens with one attached hydrogen (secondary N) is 1. The normalized spacial score (nSPS) is 32.8. The fourth-order valence-corrected chi connectivity index (χ4v) is 5.68. The van der Waals surface area contributed by atoms with Crippen molar-refractivity contribution in [3.05, 3.63) is 29.8 Å². The topological polar surface area (TPSA) is 83.6 Å². The molecule has 2 aliphatic carbocycles. The second kappa shape index (κ2) is 4.56. The Hall–Kier alpha value is -1.89. The number of hydrogen-bond donors (Lipinski definition) is 1. The molecule has 1 aromatic rings. The molecule has 0 radical (unpaired) electrons. The maximum atomic E-state index is 12.9. The molecule has 4 rings (SSSR count). The lowest BCUT2D eigenvalue weighted by atomic mass is 9.81. The van der Waals surface area contributed by atoms with Crippen LogP contribution in [0.25, 0.3) is 0 Å². The van der Waals surface area contributed by atoms with Crippen LogP contribution in [0.2, 0.25) is 0 Å². The first-order chi connectivity index (χ1) is 10.8. The molecule has 0 aromatic heterocycles. The van der Waals surface area contributed by atoms with Crippen LogP contribution in [-0.4, -0.2) is 30.2 Å². The fraction of sp³-hybridized carbons (Fsp3) is 0.500. The van der Waals surface area contributed by atoms with Crippen molar-refractivity contribution in [2.75, 3.05) is 0 Å². The van der Waals surface area contributed by atoms with Gasteiger partial charge in [-0.3, -0.25) is 4.79 Å². The molecule has 23 heavy (non-hydrogen) atoms. The highest BCUT2D eigenvalue weighted by atomic mass is 32.2. The van der Waals surface area contributed by atoms with Crippen LogP contribution in [0.4, 0.5) is 4.79 Å². The van der Waals surface area contributed by atoms with E-state index in [9.17, 15) is 18.0 Å². The second-order valence-corrected chi connectivity index (χ2v) is 8.66. The minimum absolute atomic E-state index is 0.0354. The smallest absolute Gasteiger partial charge is 0.322 e. The summed E-state index contributed by atoms with van der Waals surface area (Å²) in [6.07, 6.45) is 3.38. The highest BCUT2D eigenvalue weighted by molar-refractivity contribution is 7.90. The van der Waals surface area contributed by atoms with Gasteiger partial charge in [0.15, 0.2) is 0 Å². The monoisotopic (exact) mass is 334 g/mol. The van der Waals surface area contributed by atoms with Crippen molar-refractivity contribution in [3.63, 3.8) is 0 Å². The van der Waals surface area contributed by atoms with Crippen LogP contribution >= 0.6 is 0 Å². The number of hydrogen-bond acceptors (Lipinski definition) is 4. The van der Waals surface area contributed by atoms with Gasteiger partial charge in [-0.2, -0.15) is 0 Å². The molecular formula is C16H18N2O4S. The van der Waals surface area contributed by atoms with E-state index in [1.54, 1.807) is 12.1 Å². The van der Waals surface area contributed by atoms with Crippen LogP contribution in [0.3, 0.4) is 0 Å². The van der Waals surface area contributed by atoms with Crippen LogP contribution in [0.1, 0.15) is 31.2 Å². The Labute approximate surface area is 134 Å². The van der Waals surface area contributed by atoms with E-state index in [1.165, 1.54) is 12.1 Å². The molecule has 7 heteroatoms. The molecule has 3 amide bonds. The fourth-order valence-electron chi connectivity index (χ4n) is 4.35. The molecule has 1 spiro atoms. The first-order valence-corrected chi connectivity index (χ1v) is 9.27. The van der Waals surface area contributed by atoms with E-state index in [-0.39, 0.29) is 10.8 Å². The lowest BCUT2D eigenvalue weighted by molar-refractivity contribution is -0.129. The summed E-state index contributed by atoms with van der Waals surface area (Å²) in [6.45, 7) is 1.84. The zero-order valence-corrected chi connectivity index (χ0v) is 13.6. The van der Waals surface area contributed by atoms with Crippen molar-refractivity contribution in [2.45, 2.75) is 43.0 Å². The Balaban J connectivity index is 1.73. The molecule has 2 saturated carbocycles. The Bertz CT molecular complexity index is 802. The number of sulfonamides is 1. The summed E-state index contributed by atoms with van der Waals surface area (Å²) in [7, 11) is -4.16. The number of carbonyl (C=O) groups is 2. The first-order valence-electron chi connectivity index (χ1n) is 7.83. The van der Waals surface area contributed by atoms with Gasteiger partial charge in [0.2, 0.25) is 0 Å². The van der Waals surface area contributed by atoms with Gasteiger partial charge >= 0.3 is 6.03 Å². The Morgan fingerprint density at radius 2 is 1.87 bits per heavy atom. The molecule has 2 bridgehead atoms. The average molecular weight is 334 g/mol. The number of amides is 3. The third kappa shape index (κ3) is 1.89. The van der Waals surface area contributed by atoms with Gasteiger partial charge < -0.3 is 5.32 Å². The van der Waals surface area contributed by atoms with E-state index < -0.39 is 27.5 Å². The van der Waals surface area contributed by atoms with Gasteiger partial charge in [0, 0.05) is 0 Å². The third-order valence-electron chi connectivity index (χ3n) is 5.49. The van der Waals surface area contributed by atoms with E-state index >= 15 is 0 Å². The molecule has 1 heterocycles. The van der Waals surface area contributed by atoms with Gasteiger partial charge in [-0.1, -0.05) is 17.7 Å². The first kappa shape index (κ1) is 14.7. The van der Waals surface area contributed by atoms with Crippen molar-refractivity contribution >= 4 is 22.0 Å². The van der Waals surface area contributed by atoms with E-state index in [1.807, 2.05) is 6.92 Å². The third-order valence-corrected chi connectivity index (χ3v) is 7.17. The van der Waals surface area contributed by atoms with E-state index in [2.05, 4.69) is 5.32 Å². The van der Waals surface area contributed by atoms with Gasteiger partial charge in [0.25, 0.3) is 15.9 Å². The number of fused-ring (bicyclic) bond motifs is 3. The van der Waals surface area contributed by atoms with Crippen molar-refractivity contribution in [2.24, 2.45) is 11.8 Å². The summed E-state index contributed by atoms with van der Waals surface area (Å²) >= 11 is 0. The molecule has 6 nitrogen and oxygen atoms in total. The number of urea groups is 1. The molecule has 3 atom stereocenters. The van der Waals surface area contributed by atoms with Crippen LogP contribution in [0.5, 0.6) is 0 Å². The van der Waals surface area contributed by atoms with Gasteiger partial charge in [-0.25, -0.2) is 13.2 Å². The molecule has 1 aliphatic heterocycles. The quantitative estimate of drug-likeness (QED) is 0.836. The Morgan fingerprint density at radius 3 is 2.43 bits per heavy atom. The number of imide groups is 1. The summed E-state index contributed by atoms with van der Waals surface area (Å²) in [5, 5.41) is 2.71. The van der Waals surface area contributed by atoms with Gasteiger partial charge in [-0.15, -0.1) is 4.31 Å². The molecule has 3 aliphatic rings. The molecule has 1 aromatic carbocycles. The Morgan fingerprint density at radius 1 is 1.17 bits per heavy atom. The largest absolute Gasteiger partial charge is 0.339 e. The van der Waals surface area contributed by atoms with E-state index in [0.29, 0.717) is 16.6 Å². The van der Waals surface area contributed by atoms with Crippen molar-refractivity contribution in [1.29, 1.82) is 0 Å². The zero-order valence-electron chi connectivity index (χ0n) is 12.8. The SMILES string of the molecule is Cc1ccc(S(=O)(=O)N2C(=O)NC3(C[C@@H]4CC[C@H]3C4)C2=O)cc1. The number of aryl methyl sites for hydroxylation is 1. The lowest BCUT2D eigenvalue weighted by Crippen LogP contribution is -2.51. The standard InChI is InChI=1S/C16H18N2O4S/c1-10-2-6-13(7-3-10)23(21,22)18-14(19)16(17-15(18)20)9-11-4-5-12(16)8-11/h2-3,6-7,11-12H,4-5,8-9H2,1H3,(H,17,20)/t11-,12+,16?/m1/s1. The van der Waals surface area contributed by atoms with E-state index in [0.717, 1.165) is 24.8 Å². The predicted octanol–water partition coefficient (Wildman–Crippen LogP) is 1.79. The van der Waals surface area contributed by atoms with Gasteiger partial charge in [0.05, 0.1) is 4.90 Å². The Kier molecular flexibility index (Phi) is 2.91. The zero-order chi connectivity index (χ0) is 16.4. The molecular weight excluding hydrogens is 316 g/mol. The van der Waals surface area contributed by atoms with Gasteiger partial charge in [-0.05, 0) is 56.6 Å². The van der Waals surface area contributed by atoms with Crippen molar-refractivity contribution in [1.82, 2.24) is 9.62 Å².